The van der Waals surface area contributed by atoms with Crippen molar-refractivity contribution in [1.82, 2.24) is 0 Å². The van der Waals surface area contributed by atoms with E-state index in [1.165, 1.54) is 18.4 Å². The molecule has 1 N–H and O–H groups in total. The smallest absolute Gasteiger partial charge is 0.259 e. The fraction of sp³-hybridized carbons (Fsp3) is 0.321. The van der Waals surface area contributed by atoms with Crippen molar-refractivity contribution in [3.05, 3.63) is 90.0 Å². The quantitative estimate of drug-likeness (QED) is 0.299. The molecule has 4 nitrogen and oxygen atoms in total. The number of nitrogens with one attached hydrogen (secondary N) is 1. The van der Waals surface area contributed by atoms with Crippen LogP contribution in [0, 0.1) is 0 Å². The van der Waals surface area contributed by atoms with Gasteiger partial charge in [0, 0.05) is 5.69 Å². The van der Waals surface area contributed by atoms with E-state index in [0.29, 0.717) is 24.5 Å². The molecule has 0 aliphatic heterocycles. The van der Waals surface area contributed by atoms with Crippen molar-refractivity contribution in [1.29, 1.82) is 0 Å². The lowest BCUT2D eigenvalue weighted by atomic mass is 10.1. The van der Waals surface area contributed by atoms with Crippen molar-refractivity contribution in [2.45, 2.75) is 45.4 Å². The highest BCUT2D eigenvalue weighted by Gasteiger charge is 2.12. The van der Waals surface area contributed by atoms with Crippen molar-refractivity contribution in [2.75, 3.05) is 18.5 Å². The Balaban J connectivity index is 1.46. The molecule has 0 aliphatic rings. The van der Waals surface area contributed by atoms with Gasteiger partial charge in [0.1, 0.15) is 11.5 Å². The molecule has 0 heterocycles. The van der Waals surface area contributed by atoms with Crippen molar-refractivity contribution in [2.24, 2.45) is 0 Å². The largest absolute Gasteiger partial charge is 0.494 e. The lowest BCUT2D eigenvalue weighted by Crippen LogP contribution is -2.14. The third kappa shape index (κ3) is 7.77. The molecule has 1 amide bonds. The molecule has 3 aromatic carbocycles. The van der Waals surface area contributed by atoms with Crippen LogP contribution in [0.5, 0.6) is 11.5 Å². The summed E-state index contributed by atoms with van der Waals surface area (Å²) in [6.45, 7) is 3.47. The predicted molar refractivity (Wildman–Crippen MR) is 131 cm³/mol. The zero-order valence-corrected chi connectivity index (χ0v) is 18.9. The summed E-state index contributed by atoms with van der Waals surface area (Å²) in [5.41, 5.74) is 2.59. The molecule has 0 aromatic heterocycles. The summed E-state index contributed by atoms with van der Waals surface area (Å²) in [6, 6.07) is 25.3. The van der Waals surface area contributed by atoms with E-state index in [4.69, 9.17) is 9.47 Å². The standard InChI is InChI=1S/C28H33NO3/c1-2-3-4-10-21-32-27-16-9-8-15-26(27)28(30)29-24-17-19-25(20-18-24)31-22-11-14-23-12-6-5-7-13-23/h5-9,12-13,15-20H,2-4,10-11,14,21-22H2,1H3,(H,29,30). The van der Waals surface area contributed by atoms with E-state index in [1.807, 2.05) is 48.5 Å². The van der Waals surface area contributed by atoms with Gasteiger partial charge in [-0.05, 0) is 61.2 Å². The molecule has 0 bridgehead atoms. The number of amides is 1. The van der Waals surface area contributed by atoms with E-state index in [2.05, 4.69) is 36.5 Å². The fourth-order valence-electron chi connectivity index (χ4n) is 3.43. The van der Waals surface area contributed by atoms with Gasteiger partial charge < -0.3 is 14.8 Å². The number of hydrogen-bond acceptors (Lipinski definition) is 3. The minimum Gasteiger partial charge on any atom is -0.494 e. The molecule has 0 radical (unpaired) electrons. The molecular weight excluding hydrogens is 398 g/mol. The van der Waals surface area contributed by atoms with Crippen LogP contribution in [0.15, 0.2) is 78.9 Å². The average molecular weight is 432 g/mol. The Kier molecular flexibility index (Phi) is 9.66. The van der Waals surface area contributed by atoms with Crippen LogP contribution < -0.4 is 14.8 Å². The monoisotopic (exact) mass is 431 g/mol. The molecule has 0 aliphatic carbocycles. The summed E-state index contributed by atoms with van der Waals surface area (Å²) in [5.74, 6) is 1.25. The van der Waals surface area contributed by atoms with Gasteiger partial charge in [-0.25, -0.2) is 0 Å². The average Bonchev–Trinajstić information content (AvgIpc) is 2.83. The van der Waals surface area contributed by atoms with E-state index >= 15 is 0 Å². The number of hydrogen-bond donors (Lipinski definition) is 1. The molecule has 0 spiro atoms. The normalized spacial score (nSPS) is 10.5. The Hall–Kier alpha value is -3.27. The molecule has 32 heavy (non-hydrogen) atoms. The van der Waals surface area contributed by atoms with Gasteiger partial charge in [0.2, 0.25) is 0 Å². The molecule has 0 saturated carbocycles. The third-order valence-electron chi connectivity index (χ3n) is 5.22. The van der Waals surface area contributed by atoms with Crippen molar-refractivity contribution in [3.63, 3.8) is 0 Å². The third-order valence-corrected chi connectivity index (χ3v) is 5.22. The Morgan fingerprint density at radius 3 is 2.25 bits per heavy atom. The molecule has 3 aromatic rings. The maximum atomic E-state index is 12.8. The van der Waals surface area contributed by atoms with Crippen LogP contribution in [-0.2, 0) is 6.42 Å². The molecule has 3 rings (SSSR count). The highest BCUT2D eigenvalue weighted by atomic mass is 16.5. The second-order valence-corrected chi connectivity index (χ2v) is 7.82. The van der Waals surface area contributed by atoms with Crippen LogP contribution in [0.4, 0.5) is 5.69 Å². The first-order valence-corrected chi connectivity index (χ1v) is 11.6. The molecule has 168 valence electrons. The maximum Gasteiger partial charge on any atom is 0.259 e. The molecule has 0 fully saturated rings. The lowest BCUT2D eigenvalue weighted by Gasteiger charge is -2.12. The summed E-state index contributed by atoms with van der Waals surface area (Å²) in [4.78, 5) is 12.8. The van der Waals surface area contributed by atoms with E-state index in [-0.39, 0.29) is 5.91 Å². The zero-order valence-electron chi connectivity index (χ0n) is 18.9. The van der Waals surface area contributed by atoms with Gasteiger partial charge in [-0.1, -0.05) is 68.7 Å². The zero-order chi connectivity index (χ0) is 22.4. The van der Waals surface area contributed by atoms with Crippen molar-refractivity contribution >= 4 is 11.6 Å². The highest BCUT2D eigenvalue weighted by Crippen LogP contribution is 2.22. The molecule has 0 saturated heterocycles. The maximum absolute atomic E-state index is 12.8. The highest BCUT2D eigenvalue weighted by molar-refractivity contribution is 6.06. The van der Waals surface area contributed by atoms with Crippen LogP contribution >= 0.6 is 0 Å². The van der Waals surface area contributed by atoms with Crippen LogP contribution in [0.25, 0.3) is 0 Å². The number of ether oxygens (including phenoxy) is 2. The number of para-hydroxylation sites is 1. The van der Waals surface area contributed by atoms with Gasteiger partial charge in [-0.2, -0.15) is 0 Å². The number of carbonyl (C=O) groups is 1. The Morgan fingerprint density at radius 2 is 1.47 bits per heavy atom. The Bertz CT molecular complexity index is 938. The summed E-state index contributed by atoms with van der Waals surface area (Å²) < 4.78 is 11.7. The fourth-order valence-corrected chi connectivity index (χ4v) is 3.43. The van der Waals surface area contributed by atoms with Gasteiger partial charge in [0.15, 0.2) is 0 Å². The number of aryl methyl sites for hydroxylation is 1. The Labute approximate surface area is 191 Å². The van der Waals surface area contributed by atoms with Crippen LogP contribution in [0.3, 0.4) is 0 Å². The number of rotatable bonds is 13. The lowest BCUT2D eigenvalue weighted by molar-refractivity contribution is 0.102. The van der Waals surface area contributed by atoms with Crippen LogP contribution in [-0.4, -0.2) is 19.1 Å². The number of benzene rings is 3. The SMILES string of the molecule is CCCCCCOc1ccccc1C(=O)Nc1ccc(OCCCc2ccccc2)cc1. The van der Waals surface area contributed by atoms with Crippen LogP contribution in [0.1, 0.15) is 54.9 Å². The molecule has 0 unspecified atom stereocenters. The molecular formula is C28H33NO3. The van der Waals surface area contributed by atoms with Gasteiger partial charge in [0.25, 0.3) is 5.91 Å². The van der Waals surface area contributed by atoms with Crippen LogP contribution in [0.2, 0.25) is 0 Å². The van der Waals surface area contributed by atoms with Gasteiger partial charge in [-0.15, -0.1) is 0 Å². The van der Waals surface area contributed by atoms with Gasteiger partial charge >= 0.3 is 0 Å². The van der Waals surface area contributed by atoms with E-state index in [9.17, 15) is 4.79 Å². The summed E-state index contributed by atoms with van der Waals surface area (Å²) in [5, 5.41) is 2.95. The summed E-state index contributed by atoms with van der Waals surface area (Å²) >= 11 is 0. The number of unbranched alkanes of at least 4 members (excludes halogenated alkanes) is 3. The van der Waals surface area contributed by atoms with Gasteiger partial charge in [-0.3, -0.25) is 4.79 Å². The topological polar surface area (TPSA) is 47.6 Å². The van der Waals surface area contributed by atoms with Crippen molar-refractivity contribution < 1.29 is 14.3 Å². The van der Waals surface area contributed by atoms with E-state index < -0.39 is 0 Å². The first-order chi connectivity index (χ1) is 15.8. The minimum atomic E-state index is -0.175. The van der Waals surface area contributed by atoms with Gasteiger partial charge in [0.05, 0.1) is 18.8 Å². The molecule has 0 atom stereocenters. The van der Waals surface area contributed by atoms with E-state index in [1.54, 1.807) is 6.07 Å². The first-order valence-electron chi connectivity index (χ1n) is 11.6. The minimum absolute atomic E-state index is 0.175. The second-order valence-electron chi connectivity index (χ2n) is 7.82. The predicted octanol–water partition coefficient (Wildman–Crippen LogP) is 6.91. The summed E-state index contributed by atoms with van der Waals surface area (Å²) in [7, 11) is 0. The first kappa shape index (κ1) is 23.4. The Morgan fingerprint density at radius 1 is 0.750 bits per heavy atom. The van der Waals surface area contributed by atoms with E-state index in [0.717, 1.165) is 37.1 Å². The number of anilines is 1. The molecule has 4 heteroatoms. The number of carbonyl (C=O) groups excluding carboxylic acids is 1. The van der Waals surface area contributed by atoms with Crippen molar-refractivity contribution in [3.8, 4) is 11.5 Å². The second kappa shape index (κ2) is 13.2. The summed E-state index contributed by atoms with van der Waals surface area (Å²) in [6.07, 6.45) is 6.49.